The van der Waals surface area contributed by atoms with Crippen molar-refractivity contribution in [2.75, 3.05) is 26.2 Å². The van der Waals surface area contributed by atoms with E-state index in [4.69, 9.17) is 9.47 Å². The van der Waals surface area contributed by atoms with E-state index in [-0.39, 0.29) is 5.91 Å². The van der Waals surface area contributed by atoms with Crippen LogP contribution < -0.4 is 20.2 Å². The van der Waals surface area contributed by atoms with Gasteiger partial charge in [0.15, 0.2) is 5.82 Å². The first-order valence-corrected chi connectivity index (χ1v) is 9.50. The predicted octanol–water partition coefficient (Wildman–Crippen LogP) is 3.15. The number of amides is 1. The number of aryl methyl sites for hydroxylation is 1. The van der Waals surface area contributed by atoms with Crippen molar-refractivity contribution < 1.29 is 14.3 Å². The molecule has 0 aliphatic carbocycles. The summed E-state index contributed by atoms with van der Waals surface area (Å²) in [6.07, 6.45) is 2.34. The topological polar surface area (TPSA) is 101 Å². The lowest BCUT2D eigenvalue weighted by Gasteiger charge is -2.07. The van der Waals surface area contributed by atoms with E-state index < -0.39 is 0 Å². The molecule has 0 aliphatic heterocycles. The zero-order valence-corrected chi connectivity index (χ0v) is 17.2. The molecule has 0 unspecified atom stereocenters. The minimum absolute atomic E-state index is 0.216. The second-order valence-corrected chi connectivity index (χ2v) is 6.57. The zero-order chi connectivity index (χ0) is 21.3. The first-order valence-electron chi connectivity index (χ1n) is 9.50. The van der Waals surface area contributed by atoms with E-state index in [1.807, 2.05) is 48.5 Å². The van der Waals surface area contributed by atoms with Crippen LogP contribution in [0.4, 0.5) is 5.82 Å². The van der Waals surface area contributed by atoms with Gasteiger partial charge in [-0.05, 0) is 60.9 Å². The Labute approximate surface area is 175 Å². The van der Waals surface area contributed by atoms with Crippen LogP contribution in [0.25, 0.3) is 0 Å². The van der Waals surface area contributed by atoms with Gasteiger partial charge in [0, 0.05) is 12.2 Å². The smallest absolute Gasteiger partial charge is 0.257 e. The standard InChI is InChI=1S/C22H25N5O3/c1-15-20(22(28)23-12-11-16-5-4-6-19(13-16)30-3)21(27-25-15)26-24-14-17-7-9-18(29-2)10-8-17/h4-10,13-14H,11-12H2,1-3H3,(H,23,28)(H2,25,26,27)/b24-14+. The molecule has 0 saturated heterocycles. The Morgan fingerprint density at radius 1 is 1.13 bits per heavy atom. The van der Waals surface area contributed by atoms with Crippen LogP contribution in [0.1, 0.15) is 27.2 Å². The minimum atomic E-state index is -0.216. The third-order valence-electron chi connectivity index (χ3n) is 4.51. The van der Waals surface area contributed by atoms with E-state index >= 15 is 0 Å². The molecule has 3 N–H and O–H groups in total. The molecule has 156 valence electrons. The van der Waals surface area contributed by atoms with Gasteiger partial charge in [0.05, 0.1) is 20.4 Å². The summed E-state index contributed by atoms with van der Waals surface area (Å²) in [7, 11) is 3.25. The number of anilines is 1. The van der Waals surface area contributed by atoms with Gasteiger partial charge < -0.3 is 14.8 Å². The fourth-order valence-corrected chi connectivity index (χ4v) is 2.88. The Morgan fingerprint density at radius 2 is 1.90 bits per heavy atom. The number of ether oxygens (including phenoxy) is 2. The van der Waals surface area contributed by atoms with Gasteiger partial charge in [-0.2, -0.15) is 10.2 Å². The van der Waals surface area contributed by atoms with Gasteiger partial charge in [0.25, 0.3) is 5.91 Å². The summed E-state index contributed by atoms with van der Waals surface area (Å²) in [5, 5.41) is 14.1. The monoisotopic (exact) mass is 407 g/mol. The maximum atomic E-state index is 12.7. The predicted molar refractivity (Wildman–Crippen MR) is 117 cm³/mol. The van der Waals surface area contributed by atoms with Crippen molar-refractivity contribution >= 4 is 17.9 Å². The Kier molecular flexibility index (Phi) is 7.05. The molecule has 0 radical (unpaired) electrons. The van der Waals surface area contributed by atoms with Gasteiger partial charge in [0.2, 0.25) is 0 Å². The normalized spacial score (nSPS) is 10.8. The molecule has 0 fully saturated rings. The molecule has 30 heavy (non-hydrogen) atoms. The number of hydrogen-bond acceptors (Lipinski definition) is 6. The summed E-state index contributed by atoms with van der Waals surface area (Å²) < 4.78 is 10.4. The molecule has 0 bridgehead atoms. The highest BCUT2D eigenvalue weighted by Gasteiger charge is 2.17. The molecule has 8 nitrogen and oxygen atoms in total. The third kappa shape index (κ3) is 5.38. The molecule has 1 heterocycles. The van der Waals surface area contributed by atoms with E-state index in [0.717, 1.165) is 22.6 Å². The number of carbonyl (C=O) groups is 1. The summed E-state index contributed by atoms with van der Waals surface area (Å²) in [4.78, 5) is 12.7. The molecular weight excluding hydrogens is 382 g/mol. The van der Waals surface area contributed by atoms with E-state index in [9.17, 15) is 4.79 Å². The quantitative estimate of drug-likeness (QED) is 0.374. The highest BCUT2D eigenvalue weighted by Crippen LogP contribution is 2.17. The van der Waals surface area contributed by atoms with Crippen molar-refractivity contribution in [1.82, 2.24) is 15.5 Å². The van der Waals surface area contributed by atoms with Crippen LogP contribution in [0.3, 0.4) is 0 Å². The lowest BCUT2D eigenvalue weighted by atomic mass is 10.1. The van der Waals surface area contributed by atoms with E-state index in [0.29, 0.717) is 30.0 Å². The van der Waals surface area contributed by atoms with Gasteiger partial charge in [-0.15, -0.1) is 0 Å². The van der Waals surface area contributed by atoms with Crippen LogP contribution in [0, 0.1) is 6.92 Å². The van der Waals surface area contributed by atoms with Crippen LogP contribution in [-0.4, -0.2) is 43.1 Å². The lowest BCUT2D eigenvalue weighted by molar-refractivity contribution is 0.0954. The largest absolute Gasteiger partial charge is 0.497 e. The number of rotatable bonds is 9. The summed E-state index contributed by atoms with van der Waals surface area (Å²) >= 11 is 0. The molecular formula is C22H25N5O3. The second kappa shape index (κ2) is 10.1. The van der Waals surface area contributed by atoms with Gasteiger partial charge >= 0.3 is 0 Å². The molecule has 0 saturated carbocycles. The van der Waals surface area contributed by atoms with Gasteiger partial charge in [-0.1, -0.05) is 12.1 Å². The number of benzene rings is 2. The number of aromatic nitrogens is 2. The van der Waals surface area contributed by atoms with Crippen molar-refractivity contribution in [3.63, 3.8) is 0 Å². The van der Waals surface area contributed by atoms with Crippen molar-refractivity contribution in [2.24, 2.45) is 5.10 Å². The summed E-state index contributed by atoms with van der Waals surface area (Å²) in [5.41, 5.74) is 5.91. The molecule has 2 aromatic carbocycles. The van der Waals surface area contributed by atoms with Crippen molar-refractivity contribution in [2.45, 2.75) is 13.3 Å². The average Bonchev–Trinajstić information content (AvgIpc) is 3.14. The number of nitrogens with zero attached hydrogens (tertiary/aromatic N) is 2. The van der Waals surface area contributed by atoms with Gasteiger partial charge in [-0.25, -0.2) is 0 Å². The van der Waals surface area contributed by atoms with E-state index in [2.05, 4.69) is 26.0 Å². The van der Waals surface area contributed by atoms with Crippen LogP contribution in [0.5, 0.6) is 11.5 Å². The third-order valence-corrected chi connectivity index (χ3v) is 4.51. The number of hydrazone groups is 1. The van der Waals surface area contributed by atoms with Gasteiger partial charge in [0.1, 0.15) is 17.1 Å². The number of methoxy groups -OCH3 is 2. The Morgan fingerprint density at radius 3 is 2.63 bits per heavy atom. The molecule has 8 heteroatoms. The summed E-state index contributed by atoms with van der Waals surface area (Å²) in [6, 6.07) is 15.2. The highest BCUT2D eigenvalue weighted by atomic mass is 16.5. The van der Waals surface area contributed by atoms with Crippen LogP contribution in [-0.2, 0) is 6.42 Å². The second-order valence-electron chi connectivity index (χ2n) is 6.57. The number of aromatic amines is 1. The number of hydrogen-bond donors (Lipinski definition) is 3. The van der Waals surface area contributed by atoms with Crippen LogP contribution in [0.15, 0.2) is 53.6 Å². The molecule has 1 aromatic heterocycles. The Balaban J connectivity index is 1.58. The molecule has 0 spiro atoms. The van der Waals surface area contributed by atoms with E-state index in [1.165, 1.54) is 0 Å². The first-order chi connectivity index (χ1) is 14.6. The minimum Gasteiger partial charge on any atom is -0.497 e. The van der Waals surface area contributed by atoms with Crippen LogP contribution in [0.2, 0.25) is 0 Å². The zero-order valence-electron chi connectivity index (χ0n) is 17.2. The average molecular weight is 407 g/mol. The van der Waals surface area contributed by atoms with Crippen molar-refractivity contribution in [3.05, 3.63) is 70.9 Å². The SMILES string of the molecule is COc1ccc(/C=N/Nc2n[nH]c(C)c2C(=O)NCCc2cccc(OC)c2)cc1. The molecule has 3 aromatic rings. The lowest BCUT2D eigenvalue weighted by Crippen LogP contribution is -2.26. The molecule has 3 rings (SSSR count). The maximum Gasteiger partial charge on any atom is 0.257 e. The Bertz CT molecular complexity index is 1010. The maximum absolute atomic E-state index is 12.7. The number of H-pyrrole nitrogens is 1. The molecule has 0 aliphatic rings. The fraction of sp³-hybridized carbons (Fsp3) is 0.227. The van der Waals surface area contributed by atoms with E-state index in [1.54, 1.807) is 27.4 Å². The fourth-order valence-electron chi connectivity index (χ4n) is 2.88. The molecule has 0 atom stereocenters. The summed E-state index contributed by atoms with van der Waals surface area (Å²) in [6.45, 7) is 2.29. The first kappa shape index (κ1) is 20.9. The van der Waals surface area contributed by atoms with Crippen molar-refractivity contribution in [3.8, 4) is 11.5 Å². The Hall–Kier alpha value is -3.81. The molecule has 1 amide bonds. The number of nitrogens with one attached hydrogen (secondary N) is 3. The summed E-state index contributed by atoms with van der Waals surface area (Å²) in [5.74, 6) is 1.73. The van der Waals surface area contributed by atoms with Crippen molar-refractivity contribution in [1.29, 1.82) is 0 Å². The van der Waals surface area contributed by atoms with Gasteiger partial charge in [-0.3, -0.25) is 15.3 Å². The van der Waals surface area contributed by atoms with Crippen LogP contribution >= 0.6 is 0 Å². The number of carbonyl (C=O) groups excluding carboxylic acids is 1. The highest BCUT2D eigenvalue weighted by molar-refractivity contribution is 6.00.